The first-order valence-electron chi connectivity index (χ1n) is 6.50. The van der Waals surface area contributed by atoms with Gasteiger partial charge < -0.3 is 9.88 Å². The lowest BCUT2D eigenvalue weighted by Crippen LogP contribution is -2.26. The van der Waals surface area contributed by atoms with Crippen molar-refractivity contribution in [3.05, 3.63) is 54.1 Å². The van der Waals surface area contributed by atoms with Gasteiger partial charge in [-0.25, -0.2) is 4.98 Å². The van der Waals surface area contributed by atoms with E-state index in [1.807, 2.05) is 19.4 Å². The number of hydrogen-bond acceptors (Lipinski definition) is 2. The zero-order chi connectivity index (χ0) is 13.0. The topological polar surface area (TPSA) is 29.9 Å². The van der Waals surface area contributed by atoms with E-state index in [1.54, 1.807) is 0 Å². The van der Waals surface area contributed by atoms with E-state index < -0.39 is 0 Å². The Bertz CT molecular complexity index is 475. The molecule has 0 aliphatic heterocycles. The second kappa shape index (κ2) is 5.83. The molecule has 2 atom stereocenters. The lowest BCUT2D eigenvalue weighted by atomic mass is 10.0. The molecule has 0 aliphatic rings. The highest BCUT2D eigenvalue weighted by molar-refractivity contribution is 5.19. The summed E-state index contributed by atoms with van der Waals surface area (Å²) < 4.78 is 2.06. The quantitative estimate of drug-likeness (QED) is 0.873. The first-order valence-corrected chi connectivity index (χ1v) is 6.50. The van der Waals surface area contributed by atoms with Crippen LogP contribution in [-0.2, 0) is 7.05 Å². The van der Waals surface area contributed by atoms with Gasteiger partial charge in [0.1, 0.15) is 5.82 Å². The summed E-state index contributed by atoms with van der Waals surface area (Å²) in [6.45, 7) is 4.36. The van der Waals surface area contributed by atoms with Crippen molar-refractivity contribution in [2.75, 3.05) is 0 Å². The summed E-state index contributed by atoms with van der Waals surface area (Å²) in [7, 11) is 2.03. The molecule has 96 valence electrons. The van der Waals surface area contributed by atoms with Gasteiger partial charge in [0.15, 0.2) is 0 Å². The van der Waals surface area contributed by atoms with Gasteiger partial charge in [-0.3, -0.25) is 0 Å². The van der Waals surface area contributed by atoms with Crippen molar-refractivity contribution >= 4 is 0 Å². The van der Waals surface area contributed by atoms with E-state index in [9.17, 15) is 0 Å². The number of imidazole rings is 1. The summed E-state index contributed by atoms with van der Waals surface area (Å²) in [5.74, 6) is 1.07. The highest BCUT2D eigenvalue weighted by Gasteiger charge is 2.15. The molecule has 2 aromatic rings. The molecule has 1 aromatic carbocycles. The van der Waals surface area contributed by atoms with Crippen LogP contribution in [-0.4, -0.2) is 9.55 Å². The Hall–Kier alpha value is -1.61. The van der Waals surface area contributed by atoms with Crippen LogP contribution in [0.15, 0.2) is 42.7 Å². The average molecular weight is 243 g/mol. The lowest BCUT2D eigenvalue weighted by molar-refractivity contribution is 0.435. The first kappa shape index (κ1) is 12.8. The first-order chi connectivity index (χ1) is 8.72. The predicted octanol–water partition coefficient (Wildman–Crippen LogP) is 3.22. The van der Waals surface area contributed by atoms with Crippen molar-refractivity contribution in [2.24, 2.45) is 7.05 Å². The second-order valence-electron chi connectivity index (χ2n) is 4.66. The molecule has 18 heavy (non-hydrogen) atoms. The highest BCUT2D eigenvalue weighted by Crippen LogP contribution is 2.20. The van der Waals surface area contributed by atoms with E-state index in [4.69, 9.17) is 0 Å². The minimum absolute atomic E-state index is 0.246. The molecule has 1 aromatic heterocycles. The van der Waals surface area contributed by atoms with Crippen LogP contribution in [0.25, 0.3) is 0 Å². The van der Waals surface area contributed by atoms with Crippen LogP contribution in [0.2, 0.25) is 0 Å². The fourth-order valence-electron chi connectivity index (χ4n) is 2.31. The highest BCUT2D eigenvalue weighted by atomic mass is 15.1. The monoisotopic (exact) mass is 243 g/mol. The molecular weight excluding hydrogens is 222 g/mol. The fourth-order valence-corrected chi connectivity index (χ4v) is 2.31. The van der Waals surface area contributed by atoms with E-state index in [2.05, 4.69) is 59.0 Å². The van der Waals surface area contributed by atoms with Crippen molar-refractivity contribution in [1.29, 1.82) is 0 Å². The van der Waals surface area contributed by atoms with Crippen molar-refractivity contribution in [3.63, 3.8) is 0 Å². The summed E-state index contributed by atoms with van der Waals surface area (Å²) in [6, 6.07) is 11.2. The van der Waals surface area contributed by atoms with Crippen LogP contribution >= 0.6 is 0 Å². The molecule has 0 saturated heterocycles. The van der Waals surface area contributed by atoms with Crippen LogP contribution in [0, 0.1) is 0 Å². The van der Waals surface area contributed by atoms with E-state index in [0.29, 0.717) is 6.04 Å². The molecule has 2 rings (SSSR count). The predicted molar refractivity (Wildman–Crippen MR) is 74.2 cm³/mol. The lowest BCUT2D eigenvalue weighted by Gasteiger charge is -2.22. The van der Waals surface area contributed by atoms with Gasteiger partial charge in [0.05, 0.1) is 6.04 Å². The van der Waals surface area contributed by atoms with Crippen LogP contribution < -0.4 is 5.32 Å². The third-order valence-corrected chi connectivity index (χ3v) is 3.31. The van der Waals surface area contributed by atoms with Gasteiger partial charge in [0.25, 0.3) is 0 Å². The SMILES string of the molecule is CCC(NC(C)c1nccn1C)c1ccccc1. The molecule has 0 spiro atoms. The number of aromatic nitrogens is 2. The third kappa shape index (κ3) is 2.79. The number of aryl methyl sites for hydroxylation is 1. The number of nitrogens with one attached hydrogen (secondary N) is 1. The number of hydrogen-bond donors (Lipinski definition) is 1. The Kier molecular flexibility index (Phi) is 4.15. The Morgan fingerprint density at radius 1 is 1.28 bits per heavy atom. The molecule has 0 saturated carbocycles. The Morgan fingerprint density at radius 2 is 2.00 bits per heavy atom. The largest absolute Gasteiger partial charge is 0.337 e. The molecular formula is C15H21N3. The Morgan fingerprint density at radius 3 is 2.56 bits per heavy atom. The molecule has 0 bridgehead atoms. The van der Waals surface area contributed by atoms with Crippen molar-refractivity contribution in [3.8, 4) is 0 Å². The van der Waals surface area contributed by atoms with E-state index in [0.717, 1.165) is 12.2 Å². The van der Waals surface area contributed by atoms with E-state index in [1.165, 1.54) is 5.56 Å². The summed E-state index contributed by atoms with van der Waals surface area (Å²) in [4.78, 5) is 4.40. The number of rotatable bonds is 5. The minimum Gasteiger partial charge on any atom is -0.337 e. The standard InChI is InChI=1S/C15H21N3/c1-4-14(13-8-6-5-7-9-13)17-12(2)15-16-10-11-18(15)3/h5-12,14,17H,4H2,1-3H3. The van der Waals surface area contributed by atoms with Gasteiger partial charge in [-0.15, -0.1) is 0 Å². The number of nitrogens with zero attached hydrogens (tertiary/aromatic N) is 2. The molecule has 2 unspecified atom stereocenters. The van der Waals surface area contributed by atoms with Gasteiger partial charge in [0, 0.05) is 25.5 Å². The fraction of sp³-hybridized carbons (Fsp3) is 0.400. The van der Waals surface area contributed by atoms with Gasteiger partial charge in [-0.05, 0) is 18.9 Å². The Labute approximate surface area is 109 Å². The smallest absolute Gasteiger partial charge is 0.125 e. The van der Waals surface area contributed by atoms with Crippen molar-refractivity contribution in [1.82, 2.24) is 14.9 Å². The summed E-state index contributed by atoms with van der Waals surface area (Å²) in [5.41, 5.74) is 1.33. The maximum atomic E-state index is 4.40. The molecule has 0 fully saturated rings. The normalized spacial score (nSPS) is 14.4. The van der Waals surface area contributed by atoms with Crippen LogP contribution in [0.4, 0.5) is 0 Å². The molecule has 0 amide bonds. The Balaban J connectivity index is 2.10. The maximum absolute atomic E-state index is 4.40. The van der Waals surface area contributed by atoms with E-state index in [-0.39, 0.29) is 6.04 Å². The van der Waals surface area contributed by atoms with Crippen LogP contribution in [0.5, 0.6) is 0 Å². The van der Waals surface area contributed by atoms with Crippen molar-refractivity contribution in [2.45, 2.75) is 32.4 Å². The molecule has 3 nitrogen and oxygen atoms in total. The zero-order valence-corrected chi connectivity index (χ0v) is 11.3. The molecule has 0 aliphatic carbocycles. The van der Waals surface area contributed by atoms with Crippen molar-refractivity contribution < 1.29 is 0 Å². The van der Waals surface area contributed by atoms with Gasteiger partial charge in [-0.2, -0.15) is 0 Å². The van der Waals surface area contributed by atoms with Gasteiger partial charge >= 0.3 is 0 Å². The summed E-state index contributed by atoms with van der Waals surface area (Å²) >= 11 is 0. The maximum Gasteiger partial charge on any atom is 0.125 e. The van der Waals surface area contributed by atoms with Gasteiger partial charge in [0.2, 0.25) is 0 Å². The second-order valence-corrected chi connectivity index (χ2v) is 4.66. The number of benzene rings is 1. The molecule has 1 N–H and O–H groups in total. The molecule has 1 heterocycles. The molecule has 3 heteroatoms. The van der Waals surface area contributed by atoms with Gasteiger partial charge in [-0.1, -0.05) is 37.3 Å². The van der Waals surface area contributed by atoms with Crippen LogP contribution in [0.3, 0.4) is 0 Å². The van der Waals surface area contributed by atoms with Crippen LogP contribution in [0.1, 0.15) is 43.7 Å². The zero-order valence-electron chi connectivity index (χ0n) is 11.3. The van der Waals surface area contributed by atoms with E-state index >= 15 is 0 Å². The molecule has 0 radical (unpaired) electrons. The summed E-state index contributed by atoms with van der Waals surface area (Å²) in [5, 5.41) is 3.64. The third-order valence-electron chi connectivity index (χ3n) is 3.31. The summed E-state index contributed by atoms with van der Waals surface area (Å²) in [6.07, 6.45) is 4.90. The average Bonchev–Trinajstić information content (AvgIpc) is 2.83. The minimum atomic E-state index is 0.246.